The molecule has 2 aliphatic rings. The van der Waals surface area contributed by atoms with Gasteiger partial charge in [0.1, 0.15) is 5.75 Å². The molecule has 2 aromatic carbocycles. The standard InChI is InChI=1S/C20H22N2O2S/c1-24-15-5-9-17(10-6-15)25-16-7-2-13(3-8-16)20(23)22-19-12-14-4-11-18(19)21-14/h2-3,5-10,14,18-19,21H,4,11-12H2,1H3,(H,22,23). The topological polar surface area (TPSA) is 50.4 Å². The van der Waals surface area contributed by atoms with E-state index in [0.29, 0.717) is 12.1 Å². The number of rotatable bonds is 5. The van der Waals surface area contributed by atoms with Crippen LogP contribution in [0.4, 0.5) is 0 Å². The maximum Gasteiger partial charge on any atom is 0.251 e. The van der Waals surface area contributed by atoms with E-state index in [-0.39, 0.29) is 11.9 Å². The third-order valence-corrected chi connectivity index (χ3v) is 6.04. The first-order chi connectivity index (χ1) is 12.2. The zero-order valence-corrected chi connectivity index (χ0v) is 15.0. The predicted molar refractivity (Wildman–Crippen MR) is 99.4 cm³/mol. The minimum absolute atomic E-state index is 0.0281. The summed E-state index contributed by atoms with van der Waals surface area (Å²) in [6.45, 7) is 0. The highest BCUT2D eigenvalue weighted by Gasteiger charge is 2.39. The number of hydrogen-bond donors (Lipinski definition) is 2. The van der Waals surface area contributed by atoms with Gasteiger partial charge in [0.2, 0.25) is 0 Å². The van der Waals surface area contributed by atoms with Crippen LogP contribution in [-0.4, -0.2) is 31.1 Å². The quantitative estimate of drug-likeness (QED) is 0.863. The highest BCUT2D eigenvalue weighted by Crippen LogP contribution is 2.30. The first-order valence-corrected chi connectivity index (χ1v) is 9.52. The maximum absolute atomic E-state index is 12.5. The number of ether oxygens (including phenoxy) is 1. The van der Waals surface area contributed by atoms with Crippen molar-refractivity contribution >= 4 is 17.7 Å². The first-order valence-electron chi connectivity index (χ1n) is 8.70. The molecule has 0 spiro atoms. The second kappa shape index (κ2) is 7.10. The van der Waals surface area contributed by atoms with Crippen LogP contribution in [0.5, 0.6) is 5.75 Å². The van der Waals surface area contributed by atoms with Gasteiger partial charge in [-0.05, 0) is 67.8 Å². The fraction of sp³-hybridized carbons (Fsp3) is 0.350. The van der Waals surface area contributed by atoms with Gasteiger partial charge in [0, 0.05) is 33.5 Å². The zero-order chi connectivity index (χ0) is 17.2. The fourth-order valence-electron chi connectivity index (χ4n) is 3.69. The molecule has 2 bridgehead atoms. The summed E-state index contributed by atoms with van der Waals surface area (Å²) < 4.78 is 5.18. The van der Waals surface area contributed by atoms with Gasteiger partial charge in [0.25, 0.3) is 5.91 Å². The SMILES string of the molecule is COc1ccc(Sc2ccc(C(=O)NC3CC4CCC3N4)cc2)cc1. The Kier molecular flexibility index (Phi) is 4.68. The second-order valence-corrected chi connectivity index (χ2v) is 7.81. The summed E-state index contributed by atoms with van der Waals surface area (Å²) in [5.74, 6) is 0.881. The van der Waals surface area contributed by atoms with E-state index in [9.17, 15) is 4.79 Å². The molecule has 2 saturated heterocycles. The molecule has 2 heterocycles. The number of fused-ring (bicyclic) bond motifs is 2. The van der Waals surface area contributed by atoms with E-state index < -0.39 is 0 Å². The molecule has 0 aliphatic carbocycles. The Hall–Kier alpha value is -1.98. The van der Waals surface area contributed by atoms with Gasteiger partial charge in [-0.1, -0.05) is 11.8 Å². The molecule has 0 aromatic heterocycles. The number of amides is 1. The molecular formula is C20H22N2O2S. The Balaban J connectivity index is 1.36. The molecule has 5 heteroatoms. The van der Waals surface area contributed by atoms with Crippen LogP contribution in [0.3, 0.4) is 0 Å². The Labute approximate surface area is 152 Å². The lowest BCUT2D eigenvalue weighted by Crippen LogP contribution is -2.42. The van der Waals surface area contributed by atoms with Crippen molar-refractivity contribution < 1.29 is 9.53 Å². The predicted octanol–water partition coefficient (Wildman–Crippen LogP) is 3.47. The van der Waals surface area contributed by atoms with Crippen LogP contribution in [0.1, 0.15) is 29.6 Å². The van der Waals surface area contributed by atoms with Crippen molar-refractivity contribution in [3.63, 3.8) is 0 Å². The van der Waals surface area contributed by atoms with E-state index in [1.165, 1.54) is 12.8 Å². The summed E-state index contributed by atoms with van der Waals surface area (Å²) in [7, 11) is 1.67. The molecule has 2 N–H and O–H groups in total. The normalized spacial score (nSPS) is 24.3. The summed E-state index contributed by atoms with van der Waals surface area (Å²) >= 11 is 1.67. The summed E-state index contributed by atoms with van der Waals surface area (Å²) in [4.78, 5) is 14.7. The number of carbonyl (C=O) groups excluding carboxylic acids is 1. The highest BCUT2D eigenvalue weighted by molar-refractivity contribution is 7.99. The monoisotopic (exact) mass is 354 g/mol. The van der Waals surface area contributed by atoms with Gasteiger partial charge in [0.05, 0.1) is 7.11 Å². The molecule has 130 valence electrons. The van der Waals surface area contributed by atoms with Crippen molar-refractivity contribution in [2.45, 2.75) is 47.2 Å². The van der Waals surface area contributed by atoms with Crippen molar-refractivity contribution in [2.24, 2.45) is 0 Å². The molecular weight excluding hydrogens is 332 g/mol. The first kappa shape index (κ1) is 16.5. The van der Waals surface area contributed by atoms with E-state index in [0.717, 1.165) is 27.5 Å². The van der Waals surface area contributed by atoms with Gasteiger partial charge in [-0.15, -0.1) is 0 Å². The number of nitrogens with one attached hydrogen (secondary N) is 2. The lowest BCUT2D eigenvalue weighted by Gasteiger charge is -2.21. The molecule has 1 amide bonds. The minimum Gasteiger partial charge on any atom is -0.497 e. The zero-order valence-electron chi connectivity index (χ0n) is 14.2. The van der Waals surface area contributed by atoms with E-state index >= 15 is 0 Å². The van der Waals surface area contributed by atoms with Gasteiger partial charge < -0.3 is 15.4 Å². The lowest BCUT2D eigenvalue weighted by atomic mass is 9.95. The number of methoxy groups -OCH3 is 1. The summed E-state index contributed by atoms with van der Waals surface area (Å²) in [6.07, 6.45) is 3.48. The van der Waals surface area contributed by atoms with E-state index in [1.54, 1.807) is 18.9 Å². The number of carbonyl (C=O) groups is 1. The van der Waals surface area contributed by atoms with Crippen molar-refractivity contribution in [3.05, 3.63) is 54.1 Å². The molecule has 0 saturated carbocycles. The van der Waals surface area contributed by atoms with Crippen LogP contribution in [-0.2, 0) is 0 Å². The van der Waals surface area contributed by atoms with Crippen LogP contribution in [0.2, 0.25) is 0 Å². The minimum atomic E-state index is 0.0281. The van der Waals surface area contributed by atoms with Crippen LogP contribution < -0.4 is 15.4 Å². The van der Waals surface area contributed by atoms with Gasteiger partial charge in [-0.2, -0.15) is 0 Å². The summed E-state index contributed by atoms with van der Waals surface area (Å²) in [6, 6.07) is 17.1. The van der Waals surface area contributed by atoms with Crippen molar-refractivity contribution in [3.8, 4) is 5.75 Å². The maximum atomic E-state index is 12.5. The summed E-state index contributed by atoms with van der Waals surface area (Å²) in [5.41, 5.74) is 0.724. The third kappa shape index (κ3) is 3.67. The third-order valence-electron chi connectivity index (χ3n) is 5.03. The van der Waals surface area contributed by atoms with Crippen LogP contribution in [0, 0.1) is 0 Å². The molecule has 25 heavy (non-hydrogen) atoms. The number of hydrogen-bond acceptors (Lipinski definition) is 4. The Morgan fingerprint density at radius 1 is 1.08 bits per heavy atom. The van der Waals surface area contributed by atoms with E-state index in [1.807, 2.05) is 48.5 Å². The van der Waals surface area contributed by atoms with Crippen molar-refractivity contribution in [1.82, 2.24) is 10.6 Å². The fourth-order valence-corrected chi connectivity index (χ4v) is 4.51. The van der Waals surface area contributed by atoms with Crippen LogP contribution >= 0.6 is 11.8 Å². The Morgan fingerprint density at radius 3 is 2.32 bits per heavy atom. The van der Waals surface area contributed by atoms with Crippen LogP contribution in [0.15, 0.2) is 58.3 Å². The molecule has 4 rings (SSSR count). The Bertz CT molecular complexity index is 745. The van der Waals surface area contributed by atoms with Gasteiger partial charge in [-0.25, -0.2) is 0 Å². The summed E-state index contributed by atoms with van der Waals surface area (Å²) in [5, 5.41) is 6.74. The molecule has 4 nitrogen and oxygen atoms in total. The molecule has 3 unspecified atom stereocenters. The second-order valence-electron chi connectivity index (χ2n) is 6.67. The Morgan fingerprint density at radius 2 is 1.76 bits per heavy atom. The number of benzene rings is 2. The average Bonchev–Trinajstić information content (AvgIpc) is 3.26. The van der Waals surface area contributed by atoms with E-state index in [2.05, 4.69) is 10.6 Å². The highest BCUT2D eigenvalue weighted by atomic mass is 32.2. The van der Waals surface area contributed by atoms with Crippen molar-refractivity contribution in [2.75, 3.05) is 7.11 Å². The molecule has 0 radical (unpaired) electrons. The molecule has 2 aliphatic heterocycles. The molecule has 3 atom stereocenters. The molecule has 2 aromatic rings. The van der Waals surface area contributed by atoms with Crippen molar-refractivity contribution in [1.29, 1.82) is 0 Å². The van der Waals surface area contributed by atoms with Gasteiger partial charge in [-0.3, -0.25) is 4.79 Å². The lowest BCUT2D eigenvalue weighted by molar-refractivity contribution is 0.0931. The molecule has 2 fully saturated rings. The smallest absolute Gasteiger partial charge is 0.251 e. The van der Waals surface area contributed by atoms with Gasteiger partial charge >= 0.3 is 0 Å². The largest absolute Gasteiger partial charge is 0.497 e. The van der Waals surface area contributed by atoms with Gasteiger partial charge in [0.15, 0.2) is 0 Å². The van der Waals surface area contributed by atoms with Crippen LogP contribution in [0.25, 0.3) is 0 Å². The van der Waals surface area contributed by atoms with E-state index in [4.69, 9.17) is 4.74 Å². The average molecular weight is 354 g/mol.